The summed E-state index contributed by atoms with van der Waals surface area (Å²) >= 11 is 0. The van der Waals surface area contributed by atoms with Gasteiger partial charge < -0.3 is 15.0 Å². The first kappa shape index (κ1) is 19.0. The molecule has 1 aliphatic rings. The minimum atomic E-state index is -0.622. The van der Waals surface area contributed by atoms with Crippen LogP contribution in [-0.2, 0) is 14.3 Å². The van der Waals surface area contributed by atoms with Crippen molar-refractivity contribution >= 4 is 17.5 Å². The maximum Gasteiger partial charge on any atom is 0.316 e. The summed E-state index contributed by atoms with van der Waals surface area (Å²) in [5, 5.41) is 2.69. The number of rotatable bonds is 4. The van der Waals surface area contributed by atoms with E-state index in [1.54, 1.807) is 31.3 Å². The second kappa shape index (κ2) is 8.65. The van der Waals surface area contributed by atoms with Crippen LogP contribution in [0.15, 0.2) is 24.3 Å². The molecule has 0 aliphatic carbocycles. The van der Waals surface area contributed by atoms with Crippen LogP contribution in [0.1, 0.15) is 19.4 Å². The van der Waals surface area contributed by atoms with Crippen molar-refractivity contribution in [2.75, 3.05) is 38.1 Å². The van der Waals surface area contributed by atoms with Crippen LogP contribution in [-0.4, -0.2) is 62.1 Å². The lowest BCUT2D eigenvalue weighted by atomic mass is 10.2. The number of hydrogen-bond donors (Lipinski definition) is 1. The van der Waals surface area contributed by atoms with Crippen LogP contribution < -0.4 is 10.2 Å². The average molecular weight is 343 g/mol. The molecule has 134 valence electrons. The van der Waals surface area contributed by atoms with Gasteiger partial charge in [0, 0.05) is 44.5 Å². The van der Waals surface area contributed by atoms with Gasteiger partial charge in [-0.25, -0.2) is 0 Å². The highest BCUT2D eigenvalue weighted by atomic mass is 16.5. The molecule has 1 saturated heterocycles. The topological polar surface area (TPSA) is 61.9 Å². The molecule has 6 heteroatoms. The molecule has 1 aromatic rings. The van der Waals surface area contributed by atoms with Gasteiger partial charge in [-0.1, -0.05) is 12.0 Å². The number of morpholine rings is 1. The summed E-state index contributed by atoms with van der Waals surface area (Å²) < 4.78 is 5.68. The highest BCUT2D eigenvalue weighted by molar-refractivity contribution is 6.40. The summed E-state index contributed by atoms with van der Waals surface area (Å²) in [4.78, 5) is 27.9. The molecule has 1 N–H and O–H groups in total. The number of carbonyl (C=O) groups excluding carboxylic acids is 2. The zero-order valence-corrected chi connectivity index (χ0v) is 15.0. The van der Waals surface area contributed by atoms with Gasteiger partial charge in [0.15, 0.2) is 0 Å². The lowest BCUT2D eigenvalue weighted by molar-refractivity contribution is -0.137. The first-order valence-electron chi connectivity index (χ1n) is 8.41. The number of likely N-dealkylation sites (N-methyl/N-ethyl adjacent to an activating group) is 1. The molecule has 0 radical (unpaired) electrons. The maximum absolute atomic E-state index is 12.3. The number of amides is 2. The van der Waals surface area contributed by atoms with Crippen molar-refractivity contribution < 1.29 is 14.3 Å². The summed E-state index contributed by atoms with van der Waals surface area (Å²) in [6, 6.07) is 6.96. The molecule has 1 aromatic carbocycles. The van der Waals surface area contributed by atoms with Crippen LogP contribution in [0, 0.1) is 12.3 Å². The molecule has 0 aromatic heterocycles. The summed E-state index contributed by atoms with van der Waals surface area (Å²) in [6.07, 6.45) is 5.72. The Morgan fingerprint density at radius 3 is 2.68 bits per heavy atom. The molecule has 0 spiro atoms. The number of benzene rings is 1. The normalized spacial score (nSPS) is 20.6. The van der Waals surface area contributed by atoms with Crippen LogP contribution in [0.5, 0.6) is 0 Å². The molecule has 0 saturated carbocycles. The molecule has 2 atom stereocenters. The maximum atomic E-state index is 12.3. The van der Waals surface area contributed by atoms with Gasteiger partial charge >= 0.3 is 11.8 Å². The highest BCUT2D eigenvalue weighted by Crippen LogP contribution is 2.14. The fraction of sp³-hybridized carbons (Fsp3) is 0.474. The molecule has 0 bridgehead atoms. The fourth-order valence-electron chi connectivity index (χ4n) is 2.94. The van der Waals surface area contributed by atoms with Crippen molar-refractivity contribution in [1.29, 1.82) is 0 Å². The highest BCUT2D eigenvalue weighted by Gasteiger charge is 2.23. The van der Waals surface area contributed by atoms with Gasteiger partial charge in [-0.05, 0) is 32.0 Å². The number of carbonyl (C=O) groups is 2. The first-order chi connectivity index (χ1) is 11.9. The van der Waals surface area contributed by atoms with Gasteiger partial charge in [0.05, 0.1) is 12.2 Å². The smallest absolute Gasteiger partial charge is 0.316 e. The standard InChI is InChI=1S/C19H25N3O3/c1-5-16-7-6-8-17(11-16)21(4)19(24)18(23)20-9-10-22-12-14(2)25-15(3)13-22/h1,6-8,11,14-15H,9-10,12-13H2,2-4H3,(H,20,23)/t14-,15-/m0/s1. The van der Waals surface area contributed by atoms with Gasteiger partial charge in [-0.2, -0.15) is 0 Å². The first-order valence-corrected chi connectivity index (χ1v) is 8.41. The van der Waals surface area contributed by atoms with E-state index in [0.717, 1.165) is 13.1 Å². The Bertz CT molecular complexity index is 658. The van der Waals surface area contributed by atoms with E-state index in [9.17, 15) is 9.59 Å². The molecule has 25 heavy (non-hydrogen) atoms. The van der Waals surface area contributed by atoms with Crippen LogP contribution in [0.4, 0.5) is 5.69 Å². The Kier molecular flexibility index (Phi) is 6.57. The third-order valence-electron chi connectivity index (χ3n) is 4.11. The number of terminal acetylenes is 1. The van der Waals surface area contributed by atoms with Crippen LogP contribution in [0.25, 0.3) is 0 Å². The zero-order chi connectivity index (χ0) is 18.4. The van der Waals surface area contributed by atoms with Gasteiger partial charge in [0.1, 0.15) is 0 Å². The number of nitrogens with zero attached hydrogens (tertiary/aromatic N) is 2. The minimum Gasteiger partial charge on any atom is -0.373 e. The monoisotopic (exact) mass is 343 g/mol. The predicted octanol–water partition coefficient (Wildman–Crippen LogP) is 0.856. The van der Waals surface area contributed by atoms with Crippen LogP contribution >= 0.6 is 0 Å². The number of ether oxygens (including phenoxy) is 1. The number of anilines is 1. The molecule has 0 unspecified atom stereocenters. The molecule has 1 fully saturated rings. The van der Waals surface area contributed by atoms with E-state index >= 15 is 0 Å². The summed E-state index contributed by atoms with van der Waals surface area (Å²) in [5.74, 6) is 1.28. The number of hydrogen-bond acceptors (Lipinski definition) is 4. The minimum absolute atomic E-state index is 0.177. The van der Waals surface area contributed by atoms with E-state index in [-0.39, 0.29) is 12.2 Å². The molecule has 1 aliphatic heterocycles. The summed E-state index contributed by atoms with van der Waals surface area (Å²) in [6.45, 7) is 6.82. The molecule has 2 rings (SSSR count). The molecule has 1 heterocycles. The van der Waals surface area contributed by atoms with Crippen molar-refractivity contribution in [2.24, 2.45) is 0 Å². The quantitative estimate of drug-likeness (QED) is 0.651. The van der Waals surface area contributed by atoms with Gasteiger partial charge in [0.25, 0.3) is 0 Å². The van der Waals surface area contributed by atoms with Crippen LogP contribution in [0.2, 0.25) is 0 Å². The van der Waals surface area contributed by atoms with Gasteiger partial charge in [0.2, 0.25) is 0 Å². The van der Waals surface area contributed by atoms with E-state index < -0.39 is 11.8 Å². The SMILES string of the molecule is C#Cc1cccc(N(C)C(=O)C(=O)NCCN2C[C@H](C)O[C@@H](C)C2)c1. The number of nitrogens with one attached hydrogen (secondary N) is 1. The Labute approximate surface area is 149 Å². The lowest BCUT2D eigenvalue weighted by Gasteiger charge is -2.35. The van der Waals surface area contributed by atoms with Gasteiger partial charge in [-0.3, -0.25) is 14.5 Å². The van der Waals surface area contributed by atoms with Gasteiger partial charge in [-0.15, -0.1) is 6.42 Å². The molecular weight excluding hydrogens is 318 g/mol. The van der Waals surface area contributed by atoms with E-state index in [2.05, 4.69) is 16.1 Å². The van der Waals surface area contributed by atoms with Crippen molar-refractivity contribution in [1.82, 2.24) is 10.2 Å². The Morgan fingerprint density at radius 1 is 1.36 bits per heavy atom. The second-order valence-corrected chi connectivity index (χ2v) is 6.33. The Balaban J connectivity index is 1.83. The third kappa shape index (κ3) is 5.31. The molecule has 6 nitrogen and oxygen atoms in total. The zero-order valence-electron chi connectivity index (χ0n) is 15.0. The van der Waals surface area contributed by atoms with E-state index in [1.807, 2.05) is 13.8 Å². The van der Waals surface area contributed by atoms with Crippen molar-refractivity contribution in [3.63, 3.8) is 0 Å². The third-order valence-corrected chi connectivity index (χ3v) is 4.11. The van der Waals surface area contributed by atoms with Crippen molar-refractivity contribution in [3.05, 3.63) is 29.8 Å². The summed E-state index contributed by atoms with van der Waals surface area (Å²) in [5.41, 5.74) is 1.25. The fourth-order valence-corrected chi connectivity index (χ4v) is 2.94. The predicted molar refractivity (Wildman–Crippen MR) is 97.2 cm³/mol. The Morgan fingerprint density at radius 2 is 2.04 bits per heavy atom. The van der Waals surface area contributed by atoms with Crippen LogP contribution in [0.3, 0.4) is 0 Å². The summed E-state index contributed by atoms with van der Waals surface area (Å²) in [7, 11) is 1.56. The molecule has 2 amide bonds. The Hall–Kier alpha value is -2.36. The lowest BCUT2D eigenvalue weighted by Crippen LogP contribution is -2.49. The largest absolute Gasteiger partial charge is 0.373 e. The second-order valence-electron chi connectivity index (χ2n) is 6.33. The van der Waals surface area contributed by atoms with E-state index in [0.29, 0.717) is 24.3 Å². The molecular formula is C19H25N3O3. The average Bonchev–Trinajstić information content (AvgIpc) is 2.59. The van der Waals surface area contributed by atoms with Crippen molar-refractivity contribution in [3.8, 4) is 12.3 Å². The van der Waals surface area contributed by atoms with E-state index in [1.165, 1.54) is 4.90 Å². The van der Waals surface area contributed by atoms with Crippen molar-refractivity contribution in [2.45, 2.75) is 26.1 Å². The van der Waals surface area contributed by atoms with E-state index in [4.69, 9.17) is 11.2 Å².